The molecule has 1 aliphatic carbocycles. The van der Waals surface area contributed by atoms with Crippen molar-refractivity contribution in [3.8, 4) is 0 Å². The molecular weight excluding hydrogens is 476 g/mol. The highest BCUT2D eigenvalue weighted by Crippen LogP contribution is 2.31. The number of allylic oxidation sites excluding steroid dienone is 3. The van der Waals surface area contributed by atoms with E-state index in [9.17, 15) is 4.79 Å². The standard InChI is InChI=1S/C28H29ClN4OS/c1-19(2)17-33-26(31-32-28(33)35-18-23-11-7-8-12-25(23)29)16-30-27(34)24-15-22(14-13-20(24)3)21-9-5-4-6-10-21/h4-12,14,26,31H,1-2,13,15-18H2,3H3/p+1. The van der Waals surface area contributed by atoms with Crippen LogP contribution in [0.25, 0.3) is 5.57 Å². The zero-order valence-electron chi connectivity index (χ0n) is 19.9. The van der Waals surface area contributed by atoms with E-state index >= 15 is 0 Å². The molecule has 0 fully saturated rings. The van der Waals surface area contributed by atoms with Crippen molar-refractivity contribution in [1.82, 2.24) is 15.6 Å². The Morgan fingerprint density at radius 2 is 2.00 bits per heavy atom. The third-order valence-electron chi connectivity index (χ3n) is 6.05. The Morgan fingerprint density at radius 3 is 2.74 bits per heavy atom. The predicted molar refractivity (Wildman–Crippen MR) is 148 cm³/mol. The number of nitrogens with zero attached hydrogens (tertiary/aromatic N) is 2. The second-order valence-electron chi connectivity index (χ2n) is 8.74. The van der Waals surface area contributed by atoms with E-state index in [-0.39, 0.29) is 12.1 Å². The lowest BCUT2D eigenvalue weighted by Crippen LogP contribution is -2.48. The Labute approximate surface area is 217 Å². The quantitative estimate of drug-likeness (QED) is 0.447. The molecule has 4 rings (SSSR count). The smallest absolute Gasteiger partial charge is 0.247 e. The molecule has 1 heterocycles. The molecule has 2 N–H and O–H groups in total. The topological polar surface area (TPSA) is 56.7 Å². The molecule has 1 amide bonds. The maximum absolute atomic E-state index is 13.2. The number of halogens is 1. The summed E-state index contributed by atoms with van der Waals surface area (Å²) in [4.78, 5) is 15.3. The molecule has 1 unspecified atom stereocenters. The molecule has 0 radical (unpaired) electrons. The van der Waals surface area contributed by atoms with Gasteiger partial charge in [-0.15, -0.1) is 0 Å². The van der Waals surface area contributed by atoms with E-state index in [4.69, 9.17) is 11.6 Å². The van der Waals surface area contributed by atoms with Crippen molar-refractivity contribution in [3.05, 3.63) is 107 Å². The molecule has 0 saturated heterocycles. The normalized spacial score (nSPS) is 17.5. The van der Waals surface area contributed by atoms with Gasteiger partial charge in [0.2, 0.25) is 5.91 Å². The number of hydrazone groups is 1. The largest absolute Gasteiger partial charge is 0.348 e. The lowest BCUT2D eigenvalue weighted by atomic mass is 9.88. The summed E-state index contributed by atoms with van der Waals surface area (Å²) in [6.45, 7) is 10.9. The lowest BCUT2D eigenvalue weighted by Gasteiger charge is -2.26. The Kier molecular flexibility index (Phi) is 8.26. The van der Waals surface area contributed by atoms with Gasteiger partial charge in [-0.3, -0.25) is 10.2 Å². The lowest BCUT2D eigenvalue weighted by molar-refractivity contribution is -0.117. The number of amidine groups is 1. The van der Waals surface area contributed by atoms with E-state index < -0.39 is 0 Å². The van der Waals surface area contributed by atoms with Crippen molar-refractivity contribution in [2.45, 2.75) is 31.7 Å². The van der Waals surface area contributed by atoms with Crippen LogP contribution in [0, 0.1) is 6.92 Å². The van der Waals surface area contributed by atoms with Crippen molar-refractivity contribution in [2.75, 3.05) is 13.1 Å². The van der Waals surface area contributed by atoms with E-state index in [2.05, 4.69) is 52.5 Å². The molecule has 2 aliphatic rings. The van der Waals surface area contributed by atoms with Gasteiger partial charge in [0.1, 0.15) is 11.7 Å². The third-order valence-corrected chi connectivity index (χ3v) is 7.46. The molecule has 5 nitrogen and oxygen atoms in total. The minimum Gasteiger partial charge on any atom is -0.348 e. The molecule has 180 valence electrons. The van der Waals surface area contributed by atoms with Gasteiger partial charge < -0.3 is 10.2 Å². The zero-order valence-corrected chi connectivity index (χ0v) is 21.5. The monoisotopic (exact) mass is 505 g/mol. The number of rotatable bonds is 8. The summed E-state index contributed by atoms with van der Waals surface area (Å²) in [6, 6.07) is 18.0. The summed E-state index contributed by atoms with van der Waals surface area (Å²) in [5, 5.41) is 9.22. The molecule has 0 bridgehead atoms. The van der Waals surface area contributed by atoms with Gasteiger partial charge in [0.05, 0.1) is 13.1 Å². The molecule has 0 spiro atoms. The van der Waals surface area contributed by atoms with E-state index in [1.807, 2.05) is 49.4 Å². The van der Waals surface area contributed by atoms with Gasteiger partial charge in [-0.1, -0.05) is 83.5 Å². The van der Waals surface area contributed by atoms with E-state index in [0.29, 0.717) is 25.3 Å². The van der Waals surface area contributed by atoms with Crippen molar-refractivity contribution in [1.29, 1.82) is 0 Å². The third kappa shape index (κ3) is 6.32. The van der Waals surface area contributed by atoms with Gasteiger partial charge in [-0.2, -0.15) is 5.10 Å². The van der Waals surface area contributed by atoms with Gasteiger partial charge in [0.15, 0.2) is 5.17 Å². The van der Waals surface area contributed by atoms with Crippen LogP contribution in [0.15, 0.2) is 89.1 Å². The van der Waals surface area contributed by atoms with E-state index in [1.165, 1.54) is 5.57 Å². The van der Waals surface area contributed by atoms with Crippen LogP contribution in [0.2, 0.25) is 5.02 Å². The van der Waals surface area contributed by atoms with Crippen molar-refractivity contribution in [3.63, 3.8) is 0 Å². The molecular formula is C28H30ClN4OS+. The van der Waals surface area contributed by atoms with Crippen molar-refractivity contribution in [2.24, 2.45) is 5.10 Å². The number of carbonyl (C=O) groups excluding carboxylic acids is 1. The van der Waals surface area contributed by atoms with E-state index in [1.54, 1.807) is 11.8 Å². The number of nitrogens with one attached hydrogen (secondary N) is 2. The van der Waals surface area contributed by atoms with Crippen molar-refractivity contribution < 1.29 is 4.79 Å². The number of thioether (sulfide) groups is 1. The van der Waals surface area contributed by atoms with Crippen LogP contribution in [0.4, 0.5) is 0 Å². The van der Waals surface area contributed by atoms with Gasteiger partial charge >= 0.3 is 0 Å². The average molecular weight is 506 g/mol. The van der Waals surface area contributed by atoms with Crippen LogP contribution in [0.3, 0.4) is 0 Å². The molecule has 2 aromatic rings. The second kappa shape index (κ2) is 11.6. The summed E-state index contributed by atoms with van der Waals surface area (Å²) in [6.07, 6.45) is 3.46. The van der Waals surface area contributed by atoms with Crippen LogP contribution in [-0.4, -0.2) is 35.2 Å². The maximum atomic E-state index is 13.2. The Hall–Kier alpha value is -3.09. The van der Waals surface area contributed by atoms with Crippen LogP contribution < -0.4 is 10.7 Å². The van der Waals surface area contributed by atoms with Gasteiger partial charge in [-0.25, -0.2) is 0 Å². The van der Waals surface area contributed by atoms with Crippen LogP contribution in [0.1, 0.15) is 30.9 Å². The molecule has 7 heteroatoms. The average Bonchev–Trinajstić information content (AvgIpc) is 3.23. The molecule has 35 heavy (non-hydrogen) atoms. The highest BCUT2D eigenvalue weighted by molar-refractivity contribution is 8.13. The van der Waals surface area contributed by atoms with Crippen LogP contribution in [-0.2, 0) is 10.5 Å². The van der Waals surface area contributed by atoms with Gasteiger partial charge in [-0.05, 0) is 36.1 Å². The second-order valence-corrected chi connectivity index (χ2v) is 10.1. The van der Waals surface area contributed by atoms with Gasteiger partial charge in [0, 0.05) is 36.3 Å². The number of hydrogen-bond donors (Lipinski definition) is 2. The Balaban J connectivity index is 1.37. The SMILES string of the molecule is C=C([CH2+])CN1C(SCc2ccccc2Cl)=NNC1CNC(=O)C1=C(C)CC=C(c2ccccc2)C1. The summed E-state index contributed by atoms with van der Waals surface area (Å²) in [7, 11) is 0. The summed E-state index contributed by atoms with van der Waals surface area (Å²) in [5.41, 5.74) is 9.30. The molecule has 1 aliphatic heterocycles. The zero-order chi connectivity index (χ0) is 24.8. The molecule has 2 aromatic carbocycles. The van der Waals surface area contributed by atoms with Crippen LogP contribution in [0.5, 0.6) is 0 Å². The van der Waals surface area contributed by atoms with E-state index in [0.717, 1.165) is 44.5 Å². The molecule has 0 aromatic heterocycles. The predicted octanol–water partition coefficient (Wildman–Crippen LogP) is 5.78. The maximum Gasteiger partial charge on any atom is 0.247 e. The van der Waals surface area contributed by atoms with Crippen LogP contribution >= 0.6 is 23.4 Å². The summed E-state index contributed by atoms with van der Waals surface area (Å²) < 4.78 is 0. The minimum atomic E-state index is -0.181. The first-order valence-corrected chi connectivity index (χ1v) is 13.0. The highest BCUT2D eigenvalue weighted by atomic mass is 35.5. The number of amides is 1. The number of hydrogen-bond acceptors (Lipinski definition) is 5. The van der Waals surface area contributed by atoms with Crippen molar-refractivity contribution >= 4 is 40.0 Å². The number of carbonyl (C=O) groups is 1. The number of benzene rings is 2. The Morgan fingerprint density at radius 1 is 1.26 bits per heavy atom. The summed E-state index contributed by atoms with van der Waals surface area (Å²) in [5.74, 6) is 0.663. The molecule has 0 saturated carbocycles. The Bertz CT molecular complexity index is 1190. The fourth-order valence-electron chi connectivity index (χ4n) is 4.10. The van der Waals surface area contributed by atoms with Gasteiger partial charge in [0.25, 0.3) is 0 Å². The molecule has 1 atom stereocenters. The first-order chi connectivity index (χ1) is 16.9. The highest BCUT2D eigenvalue weighted by Gasteiger charge is 2.30. The first-order valence-electron chi connectivity index (χ1n) is 11.6. The fourth-order valence-corrected chi connectivity index (χ4v) is 5.39. The first kappa shape index (κ1) is 25.0. The fraction of sp³-hybridized carbons (Fsp3) is 0.250. The summed E-state index contributed by atoms with van der Waals surface area (Å²) >= 11 is 7.91. The minimum absolute atomic E-state index is 0.0311.